The lowest BCUT2D eigenvalue weighted by molar-refractivity contribution is 0.0930. The van der Waals surface area contributed by atoms with Crippen molar-refractivity contribution in [3.63, 3.8) is 0 Å². The van der Waals surface area contributed by atoms with Crippen LogP contribution in [-0.4, -0.2) is 47.7 Å². The summed E-state index contributed by atoms with van der Waals surface area (Å²) in [4.78, 5) is 14.8. The maximum atomic E-state index is 12.4. The van der Waals surface area contributed by atoms with Crippen LogP contribution < -0.4 is 10.1 Å². The minimum Gasteiger partial charge on any atom is -0.497 e. The minimum absolute atomic E-state index is 0.0394. The molecule has 152 valence electrons. The number of methoxy groups -OCH3 is 1. The number of amides is 1. The Labute approximate surface area is 167 Å². The third-order valence-corrected chi connectivity index (χ3v) is 5.44. The number of carbonyl (C=O) groups excluding carboxylic acids is 1. The lowest BCUT2D eigenvalue weighted by Crippen LogP contribution is -2.38. The van der Waals surface area contributed by atoms with Crippen molar-refractivity contribution in [1.29, 1.82) is 0 Å². The van der Waals surface area contributed by atoms with E-state index in [0.717, 1.165) is 43.9 Å². The van der Waals surface area contributed by atoms with E-state index in [1.54, 1.807) is 7.11 Å². The molecule has 1 amide bonds. The highest BCUT2D eigenvalue weighted by Crippen LogP contribution is 2.21. The van der Waals surface area contributed by atoms with Crippen LogP contribution in [0.25, 0.3) is 0 Å². The highest BCUT2D eigenvalue weighted by atomic mass is 16.5. The molecular formula is C22H32N4O2. The summed E-state index contributed by atoms with van der Waals surface area (Å²) in [5, 5.41) is 10.2. The Morgan fingerprint density at radius 1 is 1.25 bits per heavy atom. The van der Waals surface area contributed by atoms with Crippen LogP contribution in [0, 0.1) is 5.92 Å². The van der Waals surface area contributed by atoms with E-state index in [9.17, 15) is 4.79 Å². The van der Waals surface area contributed by atoms with Gasteiger partial charge >= 0.3 is 0 Å². The standard InChI is InChI=1S/C22H32N4O2/c1-22(2,3)20-13-19(24-25-20)21(27)23-14-16-9-11-26(12-10-16)15-17-5-7-18(28-4)8-6-17/h5-8,13,16H,9-12,14-15H2,1-4H3,(H,23,27)(H,24,25). The molecule has 6 heteroatoms. The first kappa shape index (κ1) is 20.4. The SMILES string of the molecule is COc1ccc(CN2CCC(CNC(=O)c3cc(C(C)(C)C)[nH]n3)CC2)cc1. The average molecular weight is 385 g/mol. The second-order valence-corrected chi connectivity index (χ2v) is 8.69. The number of nitrogens with zero attached hydrogens (tertiary/aromatic N) is 2. The highest BCUT2D eigenvalue weighted by Gasteiger charge is 2.22. The molecule has 2 heterocycles. The summed E-state index contributed by atoms with van der Waals surface area (Å²) in [5.41, 5.74) is 2.72. The van der Waals surface area contributed by atoms with Gasteiger partial charge in [-0.1, -0.05) is 32.9 Å². The number of hydrogen-bond donors (Lipinski definition) is 2. The quantitative estimate of drug-likeness (QED) is 0.801. The lowest BCUT2D eigenvalue weighted by Gasteiger charge is -2.32. The molecular weight excluding hydrogens is 352 g/mol. The first-order chi connectivity index (χ1) is 13.3. The van der Waals surface area contributed by atoms with Crippen molar-refractivity contribution in [2.75, 3.05) is 26.7 Å². The van der Waals surface area contributed by atoms with Gasteiger partial charge in [0.25, 0.3) is 5.91 Å². The monoisotopic (exact) mass is 384 g/mol. The van der Waals surface area contributed by atoms with E-state index in [-0.39, 0.29) is 11.3 Å². The van der Waals surface area contributed by atoms with Crippen molar-refractivity contribution in [2.45, 2.75) is 45.6 Å². The Morgan fingerprint density at radius 2 is 1.93 bits per heavy atom. The van der Waals surface area contributed by atoms with Gasteiger partial charge < -0.3 is 10.1 Å². The van der Waals surface area contributed by atoms with Crippen molar-refractivity contribution in [2.24, 2.45) is 5.92 Å². The van der Waals surface area contributed by atoms with E-state index in [2.05, 4.69) is 53.3 Å². The van der Waals surface area contributed by atoms with Crippen molar-refractivity contribution in [3.05, 3.63) is 47.3 Å². The average Bonchev–Trinajstić information content (AvgIpc) is 3.19. The van der Waals surface area contributed by atoms with Gasteiger partial charge in [-0.25, -0.2) is 0 Å². The number of aromatic amines is 1. The second-order valence-electron chi connectivity index (χ2n) is 8.69. The van der Waals surface area contributed by atoms with Gasteiger partial charge in [-0.2, -0.15) is 5.10 Å². The fraction of sp³-hybridized carbons (Fsp3) is 0.545. The summed E-state index contributed by atoms with van der Waals surface area (Å²) < 4.78 is 5.21. The van der Waals surface area contributed by atoms with Crippen LogP contribution in [0.1, 0.15) is 55.4 Å². The minimum atomic E-state index is -0.0904. The van der Waals surface area contributed by atoms with Gasteiger partial charge in [0.05, 0.1) is 7.11 Å². The molecule has 1 fully saturated rings. The fourth-order valence-corrected chi connectivity index (χ4v) is 3.49. The Morgan fingerprint density at radius 3 is 2.50 bits per heavy atom. The molecule has 2 aromatic rings. The predicted molar refractivity (Wildman–Crippen MR) is 111 cm³/mol. The van der Waals surface area contributed by atoms with E-state index < -0.39 is 0 Å². The van der Waals surface area contributed by atoms with Gasteiger partial charge in [0.15, 0.2) is 0 Å². The molecule has 3 rings (SSSR count). The Hall–Kier alpha value is -2.34. The number of benzene rings is 1. The number of nitrogens with one attached hydrogen (secondary N) is 2. The van der Waals surface area contributed by atoms with E-state index >= 15 is 0 Å². The summed E-state index contributed by atoms with van der Waals surface area (Å²) >= 11 is 0. The molecule has 1 saturated heterocycles. The van der Waals surface area contributed by atoms with Gasteiger partial charge in [-0.15, -0.1) is 0 Å². The molecule has 0 spiro atoms. The van der Waals surface area contributed by atoms with Gasteiger partial charge in [0.2, 0.25) is 0 Å². The van der Waals surface area contributed by atoms with Crippen LogP contribution in [0.2, 0.25) is 0 Å². The van der Waals surface area contributed by atoms with Gasteiger partial charge in [-0.3, -0.25) is 14.8 Å². The van der Waals surface area contributed by atoms with E-state index in [4.69, 9.17) is 4.74 Å². The van der Waals surface area contributed by atoms with Gasteiger partial charge in [0.1, 0.15) is 11.4 Å². The van der Waals surface area contributed by atoms with Crippen LogP contribution in [0.3, 0.4) is 0 Å². The number of ether oxygens (including phenoxy) is 1. The van der Waals surface area contributed by atoms with Crippen molar-refractivity contribution in [3.8, 4) is 5.75 Å². The van der Waals surface area contributed by atoms with Crippen LogP contribution in [0.4, 0.5) is 0 Å². The van der Waals surface area contributed by atoms with Crippen molar-refractivity contribution >= 4 is 5.91 Å². The van der Waals surface area contributed by atoms with Crippen molar-refractivity contribution in [1.82, 2.24) is 20.4 Å². The highest BCUT2D eigenvalue weighted by molar-refractivity contribution is 5.92. The molecule has 2 N–H and O–H groups in total. The fourth-order valence-electron chi connectivity index (χ4n) is 3.49. The third-order valence-electron chi connectivity index (χ3n) is 5.44. The maximum absolute atomic E-state index is 12.4. The number of carbonyl (C=O) groups is 1. The predicted octanol–water partition coefficient (Wildman–Crippen LogP) is 3.36. The Kier molecular flexibility index (Phi) is 6.39. The zero-order chi connectivity index (χ0) is 20.1. The Balaban J connectivity index is 1.41. The molecule has 1 aromatic heterocycles. The molecule has 0 atom stereocenters. The zero-order valence-electron chi connectivity index (χ0n) is 17.4. The number of hydrogen-bond acceptors (Lipinski definition) is 4. The number of aromatic nitrogens is 2. The summed E-state index contributed by atoms with van der Waals surface area (Å²) in [7, 11) is 1.69. The summed E-state index contributed by atoms with van der Waals surface area (Å²) in [6.45, 7) is 10.1. The van der Waals surface area contributed by atoms with Crippen LogP contribution in [-0.2, 0) is 12.0 Å². The molecule has 0 unspecified atom stereocenters. The van der Waals surface area contributed by atoms with Crippen LogP contribution >= 0.6 is 0 Å². The molecule has 1 aliphatic rings. The largest absolute Gasteiger partial charge is 0.497 e. The molecule has 6 nitrogen and oxygen atoms in total. The zero-order valence-corrected chi connectivity index (χ0v) is 17.4. The summed E-state index contributed by atoms with van der Waals surface area (Å²) in [5.74, 6) is 1.33. The first-order valence-electron chi connectivity index (χ1n) is 10.0. The Bertz CT molecular complexity index is 769. The molecule has 0 saturated carbocycles. The number of likely N-dealkylation sites (tertiary alicyclic amines) is 1. The van der Waals surface area contributed by atoms with Crippen LogP contribution in [0.15, 0.2) is 30.3 Å². The third kappa shape index (κ3) is 5.35. The first-order valence-corrected chi connectivity index (χ1v) is 10.0. The topological polar surface area (TPSA) is 70.2 Å². The van der Waals surface area contributed by atoms with Crippen molar-refractivity contribution < 1.29 is 9.53 Å². The van der Waals surface area contributed by atoms with Gasteiger partial charge in [-0.05, 0) is 55.6 Å². The number of H-pyrrole nitrogens is 1. The second kappa shape index (κ2) is 8.78. The summed E-state index contributed by atoms with van der Waals surface area (Å²) in [6, 6.07) is 10.1. The summed E-state index contributed by atoms with van der Waals surface area (Å²) in [6.07, 6.45) is 2.20. The van der Waals surface area contributed by atoms with Crippen LogP contribution in [0.5, 0.6) is 5.75 Å². The smallest absolute Gasteiger partial charge is 0.271 e. The van der Waals surface area contributed by atoms with E-state index in [0.29, 0.717) is 18.2 Å². The van der Waals surface area contributed by atoms with E-state index in [1.165, 1.54) is 5.56 Å². The molecule has 1 aromatic carbocycles. The molecule has 0 aliphatic carbocycles. The number of piperidine rings is 1. The number of rotatable bonds is 6. The molecule has 0 radical (unpaired) electrons. The molecule has 0 bridgehead atoms. The van der Waals surface area contributed by atoms with Gasteiger partial charge in [0, 0.05) is 24.2 Å². The normalized spacial score (nSPS) is 16.1. The van der Waals surface area contributed by atoms with E-state index in [1.807, 2.05) is 18.2 Å². The lowest BCUT2D eigenvalue weighted by atomic mass is 9.92. The molecule has 28 heavy (non-hydrogen) atoms. The maximum Gasteiger partial charge on any atom is 0.271 e. The molecule has 1 aliphatic heterocycles.